The molecule has 0 saturated heterocycles. The summed E-state index contributed by atoms with van der Waals surface area (Å²) in [6.07, 6.45) is 1.69. The van der Waals surface area contributed by atoms with Crippen molar-refractivity contribution in [2.75, 3.05) is 13.2 Å². The van der Waals surface area contributed by atoms with Gasteiger partial charge in [0.1, 0.15) is 16.7 Å². The molecule has 558 valence electrons. The van der Waals surface area contributed by atoms with E-state index in [4.69, 9.17) is 23.1 Å². The zero-order chi connectivity index (χ0) is 76.3. The van der Waals surface area contributed by atoms with Gasteiger partial charge in [-0.1, -0.05) is 363 Å². The van der Waals surface area contributed by atoms with Gasteiger partial charge in [-0.3, -0.25) is 4.79 Å². The van der Waals surface area contributed by atoms with Crippen LogP contribution in [0.5, 0.6) is 11.5 Å². The molecule has 0 radical (unpaired) electrons. The van der Waals surface area contributed by atoms with E-state index in [1.54, 1.807) is 0 Å². The van der Waals surface area contributed by atoms with Crippen molar-refractivity contribution in [1.82, 2.24) is 0 Å². The number of hydrogen-bond donors (Lipinski definition) is 4. The summed E-state index contributed by atoms with van der Waals surface area (Å²) in [5.41, 5.74) is 1.85. The molecule has 0 bridgehead atoms. The SMILES string of the molecule is CCCCOC(CC)C(OCCCC)C(CC(C)(C)[Si](O)(c1ccccc1)c1ccccc1)C(O)Oc1c(-c2ccc(CC(C)(C)[Si](O)(c3ccccc3)c3ccccc3)cc2)oc2cc(CC(C)(C)[Si](O)(c3ccccc3)c3ccccc3)cc(O[Si](c3ccccc3)(c3ccccc3)C(C)(C)C)c2c1=O. The van der Waals surface area contributed by atoms with E-state index in [-0.39, 0.29) is 34.6 Å². The molecule has 4 unspecified atom stereocenters. The Balaban J connectivity index is 1.18. The minimum absolute atomic E-state index is 0.0752. The van der Waals surface area contributed by atoms with Crippen molar-refractivity contribution in [3.63, 3.8) is 0 Å². The third-order valence-electron chi connectivity index (χ3n) is 22.4. The van der Waals surface area contributed by atoms with Gasteiger partial charge in [-0.25, -0.2) is 0 Å². The van der Waals surface area contributed by atoms with Crippen LogP contribution in [0.25, 0.3) is 22.3 Å². The van der Waals surface area contributed by atoms with Gasteiger partial charge in [0.15, 0.2) is 5.76 Å². The van der Waals surface area contributed by atoms with Gasteiger partial charge in [0.2, 0.25) is 17.5 Å². The fourth-order valence-electron chi connectivity index (χ4n) is 16.6. The first-order valence-corrected chi connectivity index (χ1v) is 46.2. The average Bonchev–Trinajstić information content (AvgIpc) is 0.728. The Labute approximate surface area is 639 Å². The highest BCUT2D eigenvalue weighted by atomic mass is 28.4. The third-order valence-corrected chi connectivity index (χ3v) is 40.8. The summed E-state index contributed by atoms with van der Waals surface area (Å²) in [5.74, 6) is -0.837. The summed E-state index contributed by atoms with van der Waals surface area (Å²) >= 11 is 0. The summed E-state index contributed by atoms with van der Waals surface area (Å²) in [6.45, 7) is 26.5. The molecule has 0 saturated carbocycles. The van der Waals surface area contributed by atoms with Gasteiger partial charge in [-0.15, -0.1) is 0 Å². The molecule has 10 aromatic carbocycles. The van der Waals surface area contributed by atoms with E-state index in [0.717, 1.165) is 78.3 Å². The Bertz CT molecular complexity index is 4520. The number of aliphatic hydroxyl groups excluding tert-OH is 1. The molecule has 1 heterocycles. The van der Waals surface area contributed by atoms with E-state index < -0.39 is 83.3 Å². The van der Waals surface area contributed by atoms with Crippen LogP contribution in [0.15, 0.2) is 288 Å². The Kier molecular flexibility index (Phi) is 25.4. The van der Waals surface area contributed by atoms with E-state index in [1.165, 1.54) is 0 Å². The molecule has 0 spiro atoms. The van der Waals surface area contributed by atoms with Crippen molar-refractivity contribution >= 4 is 85.7 Å². The Morgan fingerprint density at radius 1 is 0.430 bits per heavy atom. The van der Waals surface area contributed by atoms with Crippen molar-refractivity contribution in [2.45, 2.75) is 173 Å². The van der Waals surface area contributed by atoms with Crippen LogP contribution >= 0.6 is 0 Å². The van der Waals surface area contributed by atoms with Crippen molar-refractivity contribution in [3.05, 3.63) is 300 Å². The van der Waals surface area contributed by atoms with Crippen LogP contribution < -0.4 is 56.1 Å². The van der Waals surface area contributed by atoms with Crippen LogP contribution in [0.1, 0.15) is 133 Å². The van der Waals surface area contributed by atoms with Crippen LogP contribution in [-0.2, 0) is 22.3 Å². The molecule has 4 atom stereocenters. The molecule has 107 heavy (non-hydrogen) atoms. The first-order valence-electron chi connectivity index (χ1n) is 38.4. The molecule has 0 fully saturated rings. The number of fused-ring (bicyclic) bond motifs is 1. The average molecular weight is 1500 g/mol. The molecule has 14 heteroatoms. The monoisotopic (exact) mass is 1500 g/mol. The van der Waals surface area contributed by atoms with Gasteiger partial charge in [0.25, 0.3) is 25.0 Å². The lowest BCUT2D eigenvalue weighted by molar-refractivity contribution is -0.164. The summed E-state index contributed by atoms with van der Waals surface area (Å²) in [5, 5.41) is 18.2. The van der Waals surface area contributed by atoms with Crippen LogP contribution in [0.3, 0.4) is 0 Å². The molecule has 4 N–H and O–H groups in total. The first-order chi connectivity index (χ1) is 51.3. The standard InChI is InChI=1S/C93H110O10Si4/c1-13-16-62-99-81(15-3)87(100-63-17-14-2)80(68-93(11,12)106(98,76-50-34-22-35-51-76)77-52-36-23-37-53-77)89(95)102-88-85(94)84-82(101-86(88)71-60-58-69(59-61-71)66-91(7,8)104(96,72-42-26-18-27-43-72)73-44-28-19-29-45-73)64-70(67-92(9,10)105(97,74-46-30-20-31-47-74)75-48-32-21-33-49-75)65-83(84)103-107(90(4,5)6,78-54-38-24-39-55-78)79-56-40-25-41-57-79/h18-61,64-65,80-81,87,89,95-98H,13-17,62-63,66-68H2,1-12H3. The number of ether oxygens (including phenoxy) is 3. The number of benzene rings is 10. The number of aliphatic hydroxyl groups is 1. The fraction of sp³-hybridized carbons (Fsp3) is 0.323. The lowest BCUT2D eigenvalue weighted by Gasteiger charge is -2.45. The van der Waals surface area contributed by atoms with E-state index >= 15 is 4.79 Å². The maximum Gasteiger partial charge on any atom is 0.319 e. The predicted molar refractivity (Wildman–Crippen MR) is 450 cm³/mol. The van der Waals surface area contributed by atoms with Crippen LogP contribution in [0.4, 0.5) is 0 Å². The lowest BCUT2D eigenvalue weighted by Crippen LogP contribution is -2.68. The molecule has 11 rings (SSSR count). The summed E-state index contributed by atoms with van der Waals surface area (Å²) in [6, 6.07) is 92.4. The minimum Gasteiger partial charge on any atom is -0.533 e. The number of unbranched alkanes of at least 4 members (excludes halogenated alkanes) is 2. The highest BCUT2D eigenvalue weighted by Crippen LogP contribution is 2.48. The highest BCUT2D eigenvalue weighted by Gasteiger charge is 2.56. The smallest absolute Gasteiger partial charge is 0.319 e. The zero-order valence-corrected chi connectivity index (χ0v) is 68.7. The second kappa shape index (κ2) is 34.1. The molecular weight excluding hydrogens is 1390 g/mol. The summed E-state index contributed by atoms with van der Waals surface area (Å²) in [4.78, 5) is 58.6. The van der Waals surface area contributed by atoms with Gasteiger partial charge < -0.3 is 42.5 Å². The molecule has 0 aliphatic heterocycles. The van der Waals surface area contributed by atoms with E-state index in [0.29, 0.717) is 38.0 Å². The molecule has 10 nitrogen and oxygen atoms in total. The van der Waals surface area contributed by atoms with Crippen molar-refractivity contribution in [3.8, 4) is 22.8 Å². The number of hydrogen-bond acceptors (Lipinski definition) is 10. The first kappa shape index (κ1) is 79.7. The van der Waals surface area contributed by atoms with E-state index in [2.05, 4.69) is 107 Å². The summed E-state index contributed by atoms with van der Waals surface area (Å²) in [7, 11) is -14.6. The Hall–Kier alpha value is -8.36. The molecule has 0 aliphatic carbocycles. The van der Waals surface area contributed by atoms with Crippen LogP contribution in [-0.4, -0.2) is 84.5 Å². The molecule has 1 aromatic heterocycles. The quantitative estimate of drug-likeness (QED) is 0.0175. The van der Waals surface area contributed by atoms with Gasteiger partial charge in [-0.05, 0) is 123 Å². The highest BCUT2D eigenvalue weighted by molar-refractivity contribution is 7.01. The van der Waals surface area contributed by atoms with Gasteiger partial charge in [-0.2, -0.15) is 0 Å². The predicted octanol–water partition coefficient (Wildman–Crippen LogP) is 15.6. The van der Waals surface area contributed by atoms with Gasteiger partial charge in [0, 0.05) is 18.8 Å². The second-order valence-electron chi connectivity index (χ2n) is 32.1. The van der Waals surface area contributed by atoms with Gasteiger partial charge >= 0.3 is 8.32 Å². The Morgan fingerprint density at radius 2 is 0.785 bits per heavy atom. The van der Waals surface area contributed by atoms with E-state index in [9.17, 15) is 19.5 Å². The topological polar surface area (TPSA) is 148 Å². The zero-order valence-electron chi connectivity index (χ0n) is 64.7. The summed E-state index contributed by atoms with van der Waals surface area (Å²) < 4.78 is 37.1. The minimum atomic E-state index is -3.83. The van der Waals surface area contributed by atoms with E-state index in [1.807, 2.05) is 255 Å². The van der Waals surface area contributed by atoms with Crippen LogP contribution in [0.2, 0.25) is 20.2 Å². The third kappa shape index (κ3) is 16.4. The second-order valence-corrected chi connectivity index (χ2v) is 48.1. The van der Waals surface area contributed by atoms with Crippen LogP contribution in [0, 0.1) is 5.92 Å². The lowest BCUT2D eigenvalue weighted by atomic mass is 9.86. The molecule has 0 amide bonds. The number of rotatable bonds is 34. The van der Waals surface area contributed by atoms with Gasteiger partial charge in [0.05, 0.1) is 18.1 Å². The Morgan fingerprint density at radius 3 is 1.15 bits per heavy atom. The maximum absolute atomic E-state index is 17.3. The largest absolute Gasteiger partial charge is 0.533 e. The maximum atomic E-state index is 17.3. The van der Waals surface area contributed by atoms with Crippen molar-refractivity contribution < 1.29 is 42.5 Å². The normalized spacial score (nSPS) is 13.9. The molecule has 0 aliphatic rings. The van der Waals surface area contributed by atoms with Crippen molar-refractivity contribution in [2.24, 2.45) is 5.92 Å². The molecule has 11 aromatic rings. The molecular formula is C93H110O10Si4. The van der Waals surface area contributed by atoms with Crippen molar-refractivity contribution in [1.29, 1.82) is 0 Å². The fourth-order valence-corrected chi connectivity index (χ4v) is 32.2.